The van der Waals surface area contributed by atoms with Crippen molar-refractivity contribution in [1.82, 2.24) is 20.5 Å². The fourth-order valence-electron chi connectivity index (χ4n) is 2.27. The average molecular weight is 351 g/mol. The second-order valence-corrected chi connectivity index (χ2v) is 5.67. The second kappa shape index (κ2) is 13.4. The van der Waals surface area contributed by atoms with E-state index >= 15 is 0 Å². The van der Waals surface area contributed by atoms with E-state index in [1.54, 1.807) is 13.3 Å². The van der Waals surface area contributed by atoms with Gasteiger partial charge >= 0.3 is 0 Å². The van der Waals surface area contributed by atoms with Gasteiger partial charge in [-0.25, -0.2) is 9.98 Å². The Morgan fingerprint density at radius 1 is 1.28 bits per heavy atom. The van der Waals surface area contributed by atoms with Crippen LogP contribution in [0.3, 0.4) is 0 Å². The zero-order valence-electron chi connectivity index (χ0n) is 16.0. The lowest BCUT2D eigenvalue weighted by atomic mass is 10.3. The lowest BCUT2D eigenvalue weighted by Gasteiger charge is -2.18. The largest absolute Gasteiger partial charge is 0.478 e. The molecule has 0 aliphatic carbocycles. The standard InChI is InChI=1S/C18H33N5O2/c1-5-19-18(21-11-13-23(3)12-8-14-24-4)22-15-16-9-7-10-20-17(16)25-6-2/h7,9-10H,5-6,8,11-15H2,1-4H3,(H2,19,21,22). The number of ether oxygens (including phenoxy) is 2. The van der Waals surface area contributed by atoms with Crippen LogP contribution < -0.4 is 15.4 Å². The Bertz CT molecular complexity index is 496. The Morgan fingerprint density at radius 3 is 2.84 bits per heavy atom. The number of aromatic nitrogens is 1. The summed E-state index contributed by atoms with van der Waals surface area (Å²) in [4.78, 5) is 11.2. The number of pyridine rings is 1. The van der Waals surface area contributed by atoms with Crippen LogP contribution in [-0.2, 0) is 11.3 Å². The van der Waals surface area contributed by atoms with Crippen LogP contribution in [0.15, 0.2) is 23.3 Å². The molecule has 0 aromatic carbocycles. The van der Waals surface area contributed by atoms with Crippen molar-refractivity contribution in [2.75, 3.05) is 53.6 Å². The molecule has 0 atom stereocenters. The molecule has 0 amide bonds. The average Bonchev–Trinajstić information content (AvgIpc) is 2.61. The number of nitrogens with one attached hydrogen (secondary N) is 2. The van der Waals surface area contributed by atoms with Gasteiger partial charge in [0.25, 0.3) is 0 Å². The van der Waals surface area contributed by atoms with E-state index in [1.165, 1.54) is 0 Å². The Labute approximate surface area is 151 Å². The van der Waals surface area contributed by atoms with Gasteiger partial charge in [0.2, 0.25) is 5.88 Å². The molecule has 0 radical (unpaired) electrons. The highest BCUT2D eigenvalue weighted by Crippen LogP contribution is 2.15. The minimum absolute atomic E-state index is 0.530. The quantitative estimate of drug-likeness (QED) is 0.338. The van der Waals surface area contributed by atoms with E-state index in [2.05, 4.69) is 39.5 Å². The van der Waals surface area contributed by atoms with Crippen molar-refractivity contribution in [3.8, 4) is 5.88 Å². The first-order chi connectivity index (χ1) is 12.2. The molecule has 1 rings (SSSR count). The van der Waals surface area contributed by atoms with Crippen molar-refractivity contribution in [2.45, 2.75) is 26.8 Å². The predicted molar refractivity (Wildman–Crippen MR) is 102 cm³/mol. The summed E-state index contributed by atoms with van der Waals surface area (Å²) < 4.78 is 10.6. The van der Waals surface area contributed by atoms with Crippen LogP contribution in [0.25, 0.3) is 0 Å². The first-order valence-electron chi connectivity index (χ1n) is 8.97. The van der Waals surface area contributed by atoms with Gasteiger partial charge in [0.15, 0.2) is 5.96 Å². The number of likely N-dealkylation sites (N-methyl/N-ethyl adjacent to an activating group) is 1. The predicted octanol–water partition coefficient (Wildman–Crippen LogP) is 1.50. The van der Waals surface area contributed by atoms with Gasteiger partial charge in [-0.05, 0) is 33.4 Å². The van der Waals surface area contributed by atoms with Crippen molar-refractivity contribution >= 4 is 5.96 Å². The van der Waals surface area contributed by atoms with Crippen LogP contribution in [0.2, 0.25) is 0 Å². The van der Waals surface area contributed by atoms with E-state index in [0.29, 0.717) is 19.0 Å². The maximum atomic E-state index is 5.55. The Morgan fingerprint density at radius 2 is 2.12 bits per heavy atom. The minimum atomic E-state index is 0.530. The van der Waals surface area contributed by atoms with E-state index in [9.17, 15) is 0 Å². The van der Waals surface area contributed by atoms with E-state index in [1.807, 2.05) is 19.1 Å². The SMILES string of the molecule is CCNC(=NCc1cccnc1OCC)NCCN(C)CCCOC. The summed E-state index contributed by atoms with van der Waals surface area (Å²) in [5.74, 6) is 1.46. The third kappa shape index (κ3) is 9.26. The number of hydrogen-bond donors (Lipinski definition) is 2. The van der Waals surface area contributed by atoms with Crippen LogP contribution in [0.5, 0.6) is 5.88 Å². The summed E-state index contributed by atoms with van der Waals surface area (Å²) in [5.41, 5.74) is 0.984. The summed E-state index contributed by atoms with van der Waals surface area (Å²) in [6.07, 6.45) is 2.78. The van der Waals surface area contributed by atoms with E-state index in [-0.39, 0.29) is 0 Å². The maximum absolute atomic E-state index is 5.55. The number of rotatable bonds is 12. The molecule has 0 saturated heterocycles. The summed E-state index contributed by atoms with van der Waals surface area (Å²) in [7, 11) is 3.85. The van der Waals surface area contributed by atoms with Crippen LogP contribution in [0.1, 0.15) is 25.8 Å². The third-order valence-corrected chi connectivity index (χ3v) is 3.56. The summed E-state index contributed by atoms with van der Waals surface area (Å²) in [6.45, 7) is 9.57. The molecule has 0 fully saturated rings. The van der Waals surface area contributed by atoms with E-state index in [0.717, 1.165) is 50.7 Å². The highest BCUT2D eigenvalue weighted by molar-refractivity contribution is 5.79. The molecule has 1 aromatic rings. The number of aliphatic imine (C=N–C) groups is 1. The van der Waals surface area contributed by atoms with Gasteiger partial charge in [0, 0.05) is 51.7 Å². The lowest BCUT2D eigenvalue weighted by molar-refractivity contribution is 0.180. The molecule has 7 nitrogen and oxygen atoms in total. The van der Waals surface area contributed by atoms with Gasteiger partial charge < -0.3 is 25.0 Å². The minimum Gasteiger partial charge on any atom is -0.478 e. The molecule has 142 valence electrons. The zero-order chi connectivity index (χ0) is 18.3. The smallest absolute Gasteiger partial charge is 0.218 e. The van der Waals surface area contributed by atoms with Crippen molar-refractivity contribution in [1.29, 1.82) is 0 Å². The van der Waals surface area contributed by atoms with Gasteiger partial charge in [0.1, 0.15) is 0 Å². The lowest BCUT2D eigenvalue weighted by Crippen LogP contribution is -2.41. The molecule has 0 aliphatic rings. The van der Waals surface area contributed by atoms with Gasteiger partial charge in [-0.3, -0.25) is 0 Å². The second-order valence-electron chi connectivity index (χ2n) is 5.67. The van der Waals surface area contributed by atoms with Gasteiger partial charge in [0.05, 0.1) is 13.2 Å². The molecular weight excluding hydrogens is 318 g/mol. The number of hydrogen-bond acceptors (Lipinski definition) is 5. The highest BCUT2D eigenvalue weighted by atomic mass is 16.5. The number of nitrogens with zero attached hydrogens (tertiary/aromatic N) is 3. The molecule has 25 heavy (non-hydrogen) atoms. The Kier molecular flexibility index (Phi) is 11.4. The van der Waals surface area contributed by atoms with Gasteiger partial charge in [-0.15, -0.1) is 0 Å². The summed E-state index contributed by atoms with van der Waals surface area (Å²) in [6, 6.07) is 3.90. The molecule has 1 aromatic heterocycles. The maximum Gasteiger partial charge on any atom is 0.218 e. The number of methoxy groups -OCH3 is 1. The molecule has 0 saturated carbocycles. The van der Waals surface area contributed by atoms with Gasteiger partial charge in [-0.2, -0.15) is 0 Å². The molecular formula is C18H33N5O2. The van der Waals surface area contributed by atoms with Crippen LogP contribution in [0, 0.1) is 0 Å². The molecule has 0 bridgehead atoms. The monoisotopic (exact) mass is 351 g/mol. The fourth-order valence-corrected chi connectivity index (χ4v) is 2.27. The Hall–Kier alpha value is -1.86. The van der Waals surface area contributed by atoms with Gasteiger partial charge in [-0.1, -0.05) is 6.07 Å². The van der Waals surface area contributed by atoms with Crippen LogP contribution in [-0.4, -0.2) is 69.4 Å². The topological polar surface area (TPSA) is 71.0 Å². The molecule has 0 aliphatic heterocycles. The third-order valence-electron chi connectivity index (χ3n) is 3.56. The van der Waals surface area contributed by atoms with Crippen molar-refractivity contribution in [2.24, 2.45) is 4.99 Å². The van der Waals surface area contributed by atoms with Crippen LogP contribution >= 0.6 is 0 Å². The highest BCUT2D eigenvalue weighted by Gasteiger charge is 2.05. The van der Waals surface area contributed by atoms with Crippen molar-refractivity contribution < 1.29 is 9.47 Å². The first kappa shape index (κ1) is 21.2. The molecule has 0 unspecified atom stereocenters. The molecule has 1 heterocycles. The van der Waals surface area contributed by atoms with Crippen molar-refractivity contribution in [3.63, 3.8) is 0 Å². The fraction of sp³-hybridized carbons (Fsp3) is 0.667. The summed E-state index contributed by atoms with van der Waals surface area (Å²) in [5, 5.41) is 6.64. The van der Waals surface area contributed by atoms with Crippen molar-refractivity contribution in [3.05, 3.63) is 23.9 Å². The van der Waals surface area contributed by atoms with E-state index < -0.39 is 0 Å². The normalized spacial score (nSPS) is 11.6. The first-order valence-corrected chi connectivity index (χ1v) is 8.97. The zero-order valence-corrected chi connectivity index (χ0v) is 16.0. The summed E-state index contributed by atoms with van der Waals surface area (Å²) >= 11 is 0. The molecule has 2 N–H and O–H groups in total. The van der Waals surface area contributed by atoms with E-state index in [4.69, 9.17) is 9.47 Å². The number of guanidine groups is 1. The van der Waals surface area contributed by atoms with Crippen LogP contribution in [0.4, 0.5) is 0 Å². The molecule has 0 spiro atoms. The Balaban J connectivity index is 2.48. The molecule has 7 heteroatoms.